The van der Waals surface area contributed by atoms with E-state index in [1.807, 2.05) is 6.20 Å². The number of aliphatic imine (C=N–C) groups is 1. The second-order valence-corrected chi connectivity index (χ2v) is 20.7. The summed E-state index contributed by atoms with van der Waals surface area (Å²) in [4.78, 5) is 4.78. The Bertz CT molecular complexity index is 894. The van der Waals surface area contributed by atoms with Gasteiger partial charge in [-0.15, -0.1) is 0 Å². The topological polar surface area (TPSA) is 12.4 Å². The molecular formula is C31H47NP2. The van der Waals surface area contributed by atoms with Gasteiger partial charge >= 0.3 is 0 Å². The van der Waals surface area contributed by atoms with E-state index >= 15 is 0 Å². The average molecular weight is 496 g/mol. The molecule has 186 valence electrons. The fourth-order valence-electron chi connectivity index (χ4n) is 5.34. The highest BCUT2D eigenvalue weighted by atomic mass is 31.1. The Labute approximate surface area is 213 Å². The summed E-state index contributed by atoms with van der Waals surface area (Å²) in [5.74, 6) is 0. The summed E-state index contributed by atoms with van der Waals surface area (Å²) in [6.45, 7) is 28.5. The molecule has 1 nitrogen and oxygen atoms in total. The van der Waals surface area contributed by atoms with E-state index in [1.165, 1.54) is 21.7 Å². The van der Waals surface area contributed by atoms with Crippen LogP contribution in [0.5, 0.6) is 0 Å². The Morgan fingerprint density at radius 2 is 0.882 bits per heavy atom. The third kappa shape index (κ3) is 7.60. The zero-order valence-electron chi connectivity index (χ0n) is 23.7. The molecule has 0 fully saturated rings. The Balaban J connectivity index is 2.43. The lowest BCUT2D eigenvalue weighted by Gasteiger charge is -2.42. The van der Waals surface area contributed by atoms with Crippen LogP contribution in [0.25, 0.3) is 6.08 Å². The van der Waals surface area contributed by atoms with Gasteiger partial charge in [-0.05, 0) is 42.9 Å². The maximum Gasteiger partial charge on any atom is 0.0346 e. The lowest BCUT2D eigenvalue weighted by Crippen LogP contribution is -2.32. The zero-order valence-corrected chi connectivity index (χ0v) is 25.5. The molecular weight excluding hydrogens is 448 g/mol. The van der Waals surface area contributed by atoms with Crippen molar-refractivity contribution in [1.29, 1.82) is 0 Å². The Hall–Kier alpha value is -1.29. The van der Waals surface area contributed by atoms with Crippen molar-refractivity contribution in [1.82, 2.24) is 0 Å². The second-order valence-electron chi connectivity index (χ2n) is 13.1. The van der Waals surface area contributed by atoms with E-state index in [9.17, 15) is 0 Å². The van der Waals surface area contributed by atoms with Crippen LogP contribution in [0.3, 0.4) is 0 Å². The Kier molecular flexibility index (Phi) is 9.16. The minimum absolute atomic E-state index is 0.226. The van der Waals surface area contributed by atoms with E-state index in [-0.39, 0.29) is 36.5 Å². The molecule has 0 radical (unpaired) electrons. The first kappa shape index (κ1) is 28.9. The van der Waals surface area contributed by atoms with Crippen molar-refractivity contribution in [3.05, 3.63) is 65.9 Å². The normalized spacial score (nSPS) is 14.2. The van der Waals surface area contributed by atoms with E-state index in [0.717, 1.165) is 0 Å². The Morgan fingerprint density at radius 3 is 1.29 bits per heavy atom. The molecule has 0 amide bonds. The molecule has 0 bridgehead atoms. The number of hydrogen-bond donors (Lipinski definition) is 0. The van der Waals surface area contributed by atoms with Crippen LogP contribution in [0.4, 0.5) is 0 Å². The van der Waals surface area contributed by atoms with E-state index in [1.54, 1.807) is 0 Å². The van der Waals surface area contributed by atoms with Crippen LogP contribution in [0.1, 0.15) is 94.2 Å². The van der Waals surface area contributed by atoms with Gasteiger partial charge in [0.2, 0.25) is 0 Å². The van der Waals surface area contributed by atoms with Crippen LogP contribution in [-0.4, -0.2) is 26.8 Å². The number of benzene rings is 2. The molecule has 2 aromatic rings. The summed E-state index contributed by atoms with van der Waals surface area (Å²) in [6, 6.07) is 17.7. The highest BCUT2D eigenvalue weighted by Gasteiger charge is 2.37. The van der Waals surface area contributed by atoms with Crippen molar-refractivity contribution in [3.8, 4) is 0 Å². The minimum Gasteiger partial charge on any atom is -0.264 e. The van der Waals surface area contributed by atoms with Crippen LogP contribution in [-0.2, 0) is 0 Å². The fraction of sp³-hybridized carbons (Fsp3) is 0.516. The molecule has 0 aromatic heterocycles. The van der Waals surface area contributed by atoms with Crippen molar-refractivity contribution < 1.29 is 0 Å². The molecule has 0 N–H and O–H groups in total. The summed E-state index contributed by atoms with van der Waals surface area (Å²) in [5.41, 5.74) is 2.53. The molecule has 2 aromatic carbocycles. The van der Waals surface area contributed by atoms with Gasteiger partial charge in [0.05, 0.1) is 0 Å². The summed E-state index contributed by atoms with van der Waals surface area (Å²) in [6.07, 6.45) is 6.22. The lowest BCUT2D eigenvalue weighted by atomic mass is 10.2. The SMILES string of the molecule is CC(C)(C)P(c1ccccc1/C=C\N=C/c1ccccc1P(C(C)(C)C)C(C)(C)C)C(C)(C)C. The quantitative estimate of drug-likeness (QED) is 0.290. The van der Waals surface area contributed by atoms with E-state index < -0.39 is 0 Å². The first-order chi connectivity index (χ1) is 15.4. The van der Waals surface area contributed by atoms with Gasteiger partial charge in [-0.2, -0.15) is 0 Å². The molecule has 0 aliphatic rings. The molecule has 2 rings (SSSR count). The van der Waals surface area contributed by atoms with Gasteiger partial charge in [0, 0.05) is 18.0 Å². The highest BCUT2D eigenvalue weighted by Crippen LogP contribution is 2.59. The third-order valence-electron chi connectivity index (χ3n) is 5.59. The molecule has 0 unspecified atom stereocenters. The highest BCUT2D eigenvalue weighted by molar-refractivity contribution is 7.69. The van der Waals surface area contributed by atoms with Gasteiger partial charge in [0.25, 0.3) is 0 Å². The fourth-order valence-corrected chi connectivity index (χ4v) is 13.5. The van der Waals surface area contributed by atoms with Crippen LogP contribution < -0.4 is 10.6 Å². The number of nitrogens with zero attached hydrogens (tertiary/aromatic N) is 1. The van der Waals surface area contributed by atoms with Gasteiger partial charge in [0.1, 0.15) is 0 Å². The summed E-state index contributed by atoms with van der Waals surface area (Å²) in [7, 11) is -0.740. The molecule has 0 spiro atoms. The standard InChI is InChI=1S/C31H47NP2/c1-28(2,3)33(29(4,5)6)26-19-15-13-17-24(26)21-22-32-23-25-18-14-16-20-27(25)34(30(7,8)9)31(10,11)12/h13-23H,1-12H3/b22-21-,32-23-. The molecule has 0 aliphatic heterocycles. The molecule has 34 heavy (non-hydrogen) atoms. The third-order valence-corrected chi connectivity index (χ3v) is 12.7. The summed E-state index contributed by atoms with van der Waals surface area (Å²) >= 11 is 0. The van der Waals surface area contributed by atoms with Gasteiger partial charge < -0.3 is 0 Å². The molecule has 0 heterocycles. The van der Waals surface area contributed by atoms with E-state index in [0.29, 0.717) is 0 Å². The first-order valence-electron chi connectivity index (χ1n) is 12.4. The smallest absolute Gasteiger partial charge is 0.0346 e. The van der Waals surface area contributed by atoms with Crippen LogP contribution in [0, 0.1) is 0 Å². The molecule has 0 aliphatic carbocycles. The van der Waals surface area contributed by atoms with Crippen molar-refractivity contribution in [3.63, 3.8) is 0 Å². The first-order valence-corrected chi connectivity index (χ1v) is 15.1. The van der Waals surface area contributed by atoms with E-state index in [2.05, 4.69) is 144 Å². The number of rotatable bonds is 5. The summed E-state index contributed by atoms with van der Waals surface area (Å²) < 4.78 is 0. The Morgan fingerprint density at radius 1 is 0.529 bits per heavy atom. The predicted molar refractivity (Wildman–Crippen MR) is 162 cm³/mol. The monoisotopic (exact) mass is 495 g/mol. The second kappa shape index (κ2) is 10.8. The van der Waals surface area contributed by atoms with Crippen LogP contribution >= 0.6 is 15.8 Å². The van der Waals surface area contributed by atoms with Crippen molar-refractivity contribution in [2.24, 2.45) is 4.99 Å². The van der Waals surface area contributed by atoms with Crippen LogP contribution in [0.2, 0.25) is 0 Å². The number of hydrogen-bond acceptors (Lipinski definition) is 1. The van der Waals surface area contributed by atoms with Crippen LogP contribution in [0.15, 0.2) is 59.7 Å². The average Bonchev–Trinajstić information content (AvgIpc) is 2.63. The molecule has 0 saturated carbocycles. The van der Waals surface area contributed by atoms with Gasteiger partial charge in [-0.1, -0.05) is 147 Å². The predicted octanol–water partition coefficient (Wildman–Crippen LogP) is 9.18. The molecule has 0 atom stereocenters. The largest absolute Gasteiger partial charge is 0.264 e. The lowest BCUT2D eigenvalue weighted by molar-refractivity contribution is 0.714. The van der Waals surface area contributed by atoms with Crippen molar-refractivity contribution in [2.45, 2.75) is 104 Å². The summed E-state index contributed by atoms with van der Waals surface area (Å²) in [5, 5.41) is 3.83. The maximum absolute atomic E-state index is 4.78. The van der Waals surface area contributed by atoms with Gasteiger partial charge in [0.15, 0.2) is 0 Å². The molecule has 0 saturated heterocycles. The zero-order chi connectivity index (χ0) is 25.9. The van der Waals surface area contributed by atoms with Gasteiger partial charge in [-0.3, -0.25) is 4.99 Å². The van der Waals surface area contributed by atoms with Gasteiger partial charge in [-0.25, -0.2) is 0 Å². The van der Waals surface area contributed by atoms with E-state index in [4.69, 9.17) is 4.99 Å². The van der Waals surface area contributed by atoms with Crippen molar-refractivity contribution in [2.75, 3.05) is 0 Å². The van der Waals surface area contributed by atoms with Crippen molar-refractivity contribution >= 4 is 38.7 Å². The maximum atomic E-state index is 4.78. The molecule has 3 heteroatoms. The minimum atomic E-state index is -0.376.